The molecule has 0 radical (unpaired) electrons. The third-order valence-electron chi connectivity index (χ3n) is 5.41. The highest BCUT2D eigenvalue weighted by molar-refractivity contribution is 6.36. The van der Waals surface area contributed by atoms with Crippen molar-refractivity contribution in [2.75, 3.05) is 17.4 Å². The number of amides is 1. The lowest BCUT2D eigenvalue weighted by Gasteiger charge is -2.33. The number of hydrogen-bond donors (Lipinski definition) is 2. The summed E-state index contributed by atoms with van der Waals surface area (Å²) in [7, 11) is 0. The molecule has 7 nitrogen and oxygen atoms in total. The molecule has 0 saturated heterocycles. The van der Waals surface area contributed by atoms with E-state index in [0.717, 1.165) is 12.1 Å². The van der Waals surface area contributed by atoms with Crippen LogP contribution in [0.2, 0.25) is 5.02 Å². The van der Waals surface area contributed by atoms with Gasteiger partial charge in [-0.2, -0.15) is 18.3 Å². The van der Waals surface area contributed by atoms with E-state index in [9.17, 15) is 22.4 Å². The largest absolute Gasteiger partial charge is 0.454 e. The van der Waals surface area contributed by atoms with Crippen LogP contribution in [-0.4, -0.2) is 28.7 Å². The summed E-state index contributed by atoms with van der Waals surface area (Å²) in [5.74, 6) is -0.513. The van der Waals surface area contributed by atoms with Crippen LogP contribution >= 0.6 is 11.6 Å². The molecule has 0 spiro atoms. The van der Waals surface area contributed by atoms with E-state index in [1.54, 1.807) is 12.1 Å². The fraction of sp³-hybridized carbons (Fsp3) is 0.238. The second-order valence-corrected chi connectivity index (χ2v) is 7.90. The molecule has 0 bridgehead atoms. The second kappa shape index (κ2) is 7.84. The monoisotopic (exact) mass is 482 g/mol. The van der Waals surface area contributed by atoms with E-state index in [2.05, 4.69) is 15.7 Å². The van der Waals surface area contributed by atoms with Crippen molar-refractivity contribution in [3.8, 4) is 11.5 Å². The molecule has 2 aromatic carbocycles. The normalized spacial score (nSPS) is 19.1. The standard InChI is InChI=1S/C21H15ClF4N4O3/c22-17-18(20(31)27-12-5-6-14-15(7-12)33-9-32-14)29-30-16(21(24,25)26)8-13(28-19(17)30)10-1-3-11(23)4-2-10/h1-7,13,16,28H,8-9H2,(H,27,31). The minimum atomic E-state index is -4.66. The molecule has 2 unspecified atom stereocenters. The molecule has 172 valence electrons. The van der Waals surface area contributed by atoms with Crippen LogP contribution in [0.4, 0.5) is 29.1 Å². The minimum absolute atomic E-state index is 0.0477. The lowest BCUT2D eigenvalue weighted by atomic mass is 9.97. The molecule has 3 heterocycles. The van der Waals surface area contributed by atoms with E-state index >= 15 is 0 Å². The summed E-state index contributed by atoms with van der Waals surface area (Å²) < 4.78 is 66.0. The van der Waals surface area contributed by atoms with Gasteiger partial charge in [0.15, 0.2) is 23.2 Å². The van der Waals surface area contributed by atoms with Gasteiger partial charge in [-0.05, 0) is 29.8 Å². The first-order chi connectivity index (χ1) is 15.7. The van der Waals surface area contributed by atoms with Gasteiger partial charge in [0, 0.05) is 18.2 Å². The van der Waals surface area contributed by atoms with E-state index in [0.29, 0.717) is 27.4 Å². The van der Waals surface area contributed by atoms with Gasteiger partial charge in [0.1, 0.15) is 16.7 Å². The van der Waals surface area contributed by atoms with Crippen LogP contribution in [0.15, 0.2) is 42.5 Å². The summed E-state index contributed by atoms with van der Waals surface area (Å²) in [4.78, 5) is 12.8. The summed E-state index contributed by atoms with van der Waals surface area (Å²) in [6.45, 7) is 0.0477. The zero-order valence-corrected chi connectivity index (χ0v) is 17.4. The van der Waals surface area contributed by atoms with Gasteiger partial charge >= 0.3 is 6.18 Å². The second-order valence-electron chi connectivity index (χ2n) is 7.52. The molecular weight excluding hydrogens is 468 g/mol. The van der Waals surface area contributed by atoms with Gasteiger partial charge < -0.3 is 20.1 Å². The Morgan fingerprint density at radius 3 is 2.61 bits per heavy atom. The van der Waals surface area contributed by atoms with E-state index < -0.39 is 36.4 Å². The number of benzene rings is 2. The molecule has 2 atom stereocenters. The van der Waals surface area contributed by atoms with E-state index in [4.69, 9.17) is 21.1 Å². The first-order valence-corrected chi connectivity index (χ1v) is 10.2. The molecule has 12 heteroatoms. The smallest absolute Gasteiger partial charge is 0.410 e. The summed E-state index contributed by atoms with van der Waals surface area (Å²) in [6.07, 6.45) is -5.07. The van der Waals surface area contributed by atoms with Crippen LogP contribution in [-0.2, 0) is 0 Å². The van der Waals surface area contributed by atoms with Gasteiger partial charge in [-0.1, -0.05) is 23.7 Å². The van der Waals surface area contributed by atoms with Crippen molar-refractivity contribution >= 4 is 29.0 Å². The maximum Gasteiger partial charge on any atom is 0.410 e. The Balaban J connectivity index is 1.47. The Bertz CT molecular complexity index is 1230. The molecule has 0 saturated carbocycles. The van der Waals surface area contributed by atoms with Crippen LogP contribution in [0.1, 0.15) is 34.6 Å². The fourth-order valence-corrected chi connectivity index (χ4v) is 4.08. The predicted molar refractivity (Wildman–Crippen MR) is 110 cm³/mol. The SMILES string of the molecule is O=C(Nc1ccc2c(c1)OCO2)c1nn2c(c1Cl)NC(c1ccc(F)cc1)CC2C(F)(F)F. The molecule has 2 aliphatic heterocycles. The van der Waals surface area contributed by atoms with Gasteiger partial charge in [0.25, 0.3) is 5.91 Å². The van der Waals surface area contributed by atoms with Crippen LogP contribution < -0.4 is 20.1 Å². The summed E-state index contributed by atoms with van der Waals surface area (Å²) in [5.41, 5.74) is 0.405. The molecule has 2 N–H and O–H groups in total. The van der Waals surface area contributed by atoms with E-state index in [1.807, 2.05) is 0 Å². The van der Waals surface area contributed by atoms with Gasteiger partial charge in [0.05, 0.1) is 6.04 Å². The van der Waals surface area contributed by atoms with Crippen LogP contribution in [0.25, 0.3) is 0 Å². The number of anilines is 2. The molecule has 0 fully saturated rings. The van der Waals surface area contributed by atoms with Crippen LogP contribution in [0.5, 0.6) is 11.5 Å². The highest BCUT2D eigenvalue weighted by atomic mass is 35.5. The van der Waals surface area contributed by atoms with E-state index in [1.165, 1.54) is 18.2 Å². The number of rotatable bonds is 3. The Morgan fingerprint density at radius 2 is 1.88 bits per heavy atom. The van der Waals surface area contributed by atoms with Crippen molar-refractivity contribution in [2.24, 2.45) is 0 Å². The lowest BCUT2D eigenvalue weighted by molar-refractivity contribution is -0.173. The summed E-state index contributed by atoms with van der Waals surface area (Å²) in [5, 5.41) is 9.09. The fourth-order valence-electron chi connectivity index (χ4n) is 3.81. The highest BCUT2D eigenvalue weighted by Crippen LogP contribution is 2.46. The predicted octanol–water partition coefficient (Wildman–Crippen LogP) is 5.32. The average molecular weight is 483 g/mol. The number of fused-ring (bicyclic) bond motifs is 2. The number of aromatic nitrogens is 2. The molecule has 2 aliphatic rings. The van der Waals surface area contributed by atoms with Gasteiger partial charge in [0.2, 0.25) is 6.79 Å². The summed E-state index contributed by atoms with van der Waals surface area (Å²) in [6, 6.07) is 6.93. The summed E-state index contributed by atoms with van der Waals surface area (Å²) >= 11 is 6.31. The third kappa shape index (κ3) is 3.92. The van der Waals surface area contributed by atoms with E-state index in [-0.39, 0.29) is 23.3 Å². The number of ether oxygens (including phenoxy) is 2. The zero-order chi connectivity index (χ0) is 23.3. The Hall–Kier alpha value is -3.47. The topological polar surface area (TPSA) is 77.4 Å². The number of hydrogen-bond acceptors (Lipinski definition) is 5. The quantitative estimate of drug-likeness (QED) is 0.494. The van der Waals surface area contributed by atoms with Crippen molar-refractivity contribution < 1.29 is 31.8 Å². The molecule has 1 aromatic heterocycles. The number of carbonyl (C=O) groups is 1. The lowest BCUT2D eigenvalue weighted by Crippen LogP contribution is -2.35. The van der Waals surface area contributed by atoms with Crippen molar-refractivity contribution in [1.29, 1.82) is 0 Å². The maximum atomic E-state index is 13.9. The number of nitrogens with one attached hydrogen (secondary N) is 2. The first kappa shape index (κ1) is 21.4. The molecular formula is C21H15ClF4N4O3. The number of carbonyl (C=O) groups excluding carboxylic acids is 1. The molecule has 0 aliphatic carbocycles. The number of halogens is 5. The number of nitrogens with zero attached hydrogens (tertiary/aromatic N) is 2. The van der Waals surface area contributed by atoms with Crippen LogP contribution in [0.3, 0.4) is 0 Å². The van der Waals surface area contributed by atoms with Crippen molar-refractivity contribution in [1.82, 2.24) is 9.78 Å². The molecule has 5 rings (SSSR count). The zero-order valence-electron chi connectivity index (χ0n) is 16.6. The minimum Gasteiger partial charge on any atom is -0.454 e. The third-order valence-corrected chi connectivity index (χ3v) is 5.77. The Labute approximate surface area is 189 Å². The molecule has 1 amide bonds. The maximum absolute atomic E-state index is 13.9. The van der Waals surface area contributed by atoms with Crippen molar-refractivity contribution in [3.05, 3.63) is 64.6 Å². The average Bonchev–Trinajstić information content (AvgIpc) is 3.37. The van der Waals surface area contributed by atoms with Crippen LogP contribution in [0, 0.1) is 5.82 Å². The van der Waals surface area contributed by atoms with Gasteiger partial charge in [-0.15, -0.1) is 0 Å². The number of alkyl halides is 3. The first-order valence-electron chi connectivity index (χ1n) is 9.78. The molecule has 3 aromatic rings. The van der Waals surface area contributed by atoms with Gasteiger partial charge in [-0.25, -0.2) is 9.07 Å². The molecule has 33 heavy (non-hydrogen) atoms. The van der Waals surface area contributed by atoms with Crippen molar-refractivity contribution in [2.45, 2.75) is 24.7 Å². The highest BCUT2D eigenvalue weighted by Gasteiger charge is 2.47. The van der Waals surface area contributed by atoms with Gasteiger partial charge in [-0.3, -0.25) is 4.79 Å². The van der Waals surface area contributed by atoms with Crippen molar-refractivity contribution in [3.63, 3.8) is 0 Å². The Morgan fingerprint density at radius 1 is 1.15 bits per heavy atom. The Kier molecular flexibility index (Phi) is 5.08.